The van der Waals surface area contributed by atoms with Gasteiger partial charge in [0.15, 0.2) is 5.65 Å². The molecule has 1 saturated carbocycles. The number of carbonyl (C=O) groups is 1. The van der Waals surface area contributed by atoms with E-state index in [1.54, 1.807) is 6.07 Å². The van der Waals surface area contributed by atoms with Crippen LogP contribution in [0, 0.1) is 0 Å². The highest BCUT2D eigenvalue weighted by Gasteiger charge is 2.28. The van der Waals surface area contributed by atoms with Gasteiger partial charge in [0, 0.05) is 18.2 Å². The first kappa shape index (κ1) is 22.8. The number of benzene rings is 1. The summed E-state index contributed by atoms with van der Waals surface area (Å²) in [6, 6.07) is 9.59. The van der Waals surface area contributed by atoms with Crippen molar-refractivity contribution in [3.63, 3.8) is 0 Å². The van der Waals surface area contributed by atoms with Gasteiger partial charge in [0.05, 0.1) is 17.5 Å². The molecule has 4 rings (SSSR count). The number of ether oxygens (including phenoxy) is 1. The molecule has 0 radical (unpaired) electrons. The summed E-state index contributed by atoms with van der Waals surface area (Å²) >= 11 is 0. The number of carbonyl (C=O) groups excluding carboxylic acids is 1. The molecule has 8 heteroatoms. The second-order valence-corrected chi connectivity index (χ2v) is 8.81. The van der Waals surface area contributed by atoms with E-state index in [0.29, 0.717) is 25.5 Å². The zero-order valence-corrected chi connectivity index (χ0v) is 19.3. The van der Waals surface area contributed by atoms with Gasteiger partial charge >= 0.3 is 5.69 Å². The molecule has 1 aliphatic carbocycles. The fourth-order valence-corrected chi connectivity index (χ4v) is 3.87. The lowest BCUT2D eigenvalue weighted by Crippen LogP contribution is -2.34. The normalized spacial score (nSPS) is 13.5. The van der Waals surface area contributed by atoms with Crippen molar-refractivity contribution >= 4 is 16.9 Å². The third kappa shape index (κ3) is 4.99. The van der Waals surface area contributed by atoms with Crippen LogP contribution in [0.25, 0.3) is 11.0 Å². The van der Waals surface area contributed by atoms with Gasteiger partial charge in [-0.15, -0.1) is 0 Å². The molecule has 2 N–H and O–H groups in total. The summed E-state index contributed by atoms with van der Waals surface area (Å²) < 4.78 is 7.18. The zero-order valence-electron chi connectivity index (χ0n) is 19.3. The van der Waals surface area contributed by atoms with Crippen molar-refractivity contribution < 1.29 is 9.53 Å². The number of amides is 1. The van der Waals surface area contributed by atoms with Crippen LogP contribution in [0.15, 0.2) is 39.9 Å². The second kappa shape index (κ2) is 9.60. The Labute approximate surface area is 192 Å². The van der Waals surface area contributed by atoms with E-state index in [-0.39, 0.29) is 35.0 Å². The number of hydrogen-bond donors (Lipinski definition) is 2. The minimum absolute atomic E-state index is 0.148. The van der Waals surface area contributed by atoms with Crippen LogP contribution in [-0.2, 0) is 6.54 Å². The van der Waals surface area contributed by atoms with Crippen molar-refractivity contribution in [3.05, 3.63) is 68.0 Å². The molecule has 3 aromatic rings. The van der Waals surface area contributed by atoms with Crippen LogP contribution in [0.5, 0.6) is 5.75 Å². The van der Waals surface area contributed by atoms with E-state index >= 15 is 0 Å². The molecule has 0 bridgehead atoms. The first-order chi connectivity index (χ1) is 15.9. The molecule has 0 atom stereocenters. The minimum atomic E-state index is -0.594. The Kier molecular flexibility index (Phi) is 6.62. The summed E-state index contributed by atoms with van der Waals surface area (Å²) in [7, 11) is 0. The van der Waals surface area contributed by atoms with Crippen molar-refractivity contribution in [2.24, 2.45) is 0 Å². The molecule has 0 spiro atoms. The molecule has 0 unspecified atom stereocenters. The van der Waals surface area contributed by atoms with Crippen LogP contribution in [0.4, 0.5) is 0 Å². The number of H-pyrrole nitrogens is 1. The molecular formula is C25H30N4O4. The van der Waals surface area contributed by atoms with Crippen molar-refractivity contribution in [3.8, 4) is 5.75 Å². The van der Waals surface area contributed by atoms with Gasteiger partial charge in [-0.25, -0.2) is 9.78 Å². The maximum Gasteiger partial charge on any atom is 0.329 e. The zero-order chi connectivity index (χ0) is 23.5. The number of hydrogen-bond acceptors (Lipinski definition) is 5. The summed E-state index contributed by atoms with van der Waals surface area (Å²) in [5, 5.41) is 2.99. The smallest absolute Gasteiger partial charge is 0.329 e. The first-order valence-corrected chi connectivity index (χ1v) is 11.6. The highest BCUT2D eigenvalue weighted by atomic mass is 16.5. The van der Waals surface area contributed by atoms with Crippen molar-refractivity contribution in [2.45, 2.75) is 58.4 Å². The molecule has 1 aromatic carbocycles. The van der Waals surface area contributed by atoms with Gasteiger partial charge < -0.3 is 10.1 Å². The van der Waals surface area contributed by atoms with Gasteiger partial charge in [-0.1, -0.05) is 32.9 Å². The maximum atomic E-state index is 13.1. The van der Waals surface area contributed by atoms with Crippen LogP contribution >= 0.6 is 0 Å². The average Bonchev–Trinajstić information content (AvgIpc) is 3.64. The number of pyridine rings is 1. The highest BCUT2D eigenvalue weighted by Crippen LogP contribution is 2.39. The maximum absolute atomic E-state index is 13.1. The minimum Gasteiger partial charge on any atom is -0.492 e. The number of nitrogens with one attached hydrogen (secondary N) is 2. The SMILES string of the molecule is CCCn1c(=O)[nH]c(=O)c2c(C(=O)NCCOc3ccc(C(C)C)cc3)cc(C3CC3)nc21. The van der Waals surface area contributed by atoms with Gasteiger partial charge in [0.1, 0.15) is 12.4 Å². The fraction of sp³-hybridized carbons (Fsp3) is 0.440. The first-order valence-electron chi connectivity index (χ1n) is 11.6. The van der Waals surface area contributed by atoms with Crippen LogP contribution in [-0.4, -0.2) is 33.6 Å². The standard InChI is InChI=1S/C25H30N4O4/c1-4-12-29-22-21(24(31)28-25(29)32)19(14-20(27-22)17-5-6-17)23(30)26-11-13-33-18-9-7-16(8-10-18)15(2)3/h7-10,14-15,17H,4-6,11-13H2,1-3H3,(H,26,30)(H,28,31,32). The number of aromatic nitrogens is 3. The molecule has 174 valence electrons. The lowest BCUT2D eigenvalue weighted by Gasteiger charge is -2.13. The Bertz CT molecular complexity index is 1270. The number of aryl methyl sites for hydroxylation is 1. The van der Waals surface area contributed by atoms with Gasteiger partial charge in [-0.3, -0.25) is 19.1 Å². The molecule has 0 aliphatic heterocycles. The van der Waals surface area contributed by atoms with Gasteiger partial charge in [0.2, 0.25) is 0 Å². The van der Waals surface area contributed by atoms with E-state index in [4.69, 9.17) is 4.74 Å². The molecule has 2 heterocycles. The molecule has 8 nitrogen and oxygen atoms in total. The Morgan fingerprint density at radius 3 is 2.61 bits per heavy atom. The molecule has 0 saturated heterocycles. The van der Waals surface area contributed by atoms with E-state index in [1.165, 1.54) is 10.1 Å². The number of fused-ring (bicyclic) bond motifs is 1. The van der Waals surface area contributed by atoms with E-state index in [9.17, 15) is 14.4 Å². The largest absolute Gasteiger partial charge is 0.492 e. The number of nitrogens with zero attached hydrogens (tertiary/aromatic N) is 2. The lowest BCUT2D eigenvalue weighted by atomic mass is 10.0. The molecular weight excluding hydrogens is 420 g/mol. The van der Waals surface area contributed by atoms with Crippen molar-refractivity contribution in [1.29, 1.82) is 0 Å². The third-order valence-electron chi connectivity index (χ3n) is 5.86. The summed E-state index contributed by atoms with van der Waals surface area (Å²) in [6.45, 7) is 7.20. The third-order valence-corrected chi connectivity index (χ3v) is 5.86. The lowest BCUT2D eigenvalue weighted by molar-refractivity contribution is 0.0948. The Morgan fingerprint density at radius 2 is 1.97 bits per heavy atom. The topological polar surface area (TPSA) is 106 Å². The molecule has 1 fully saturated rings. The van der Waals surface area contributed by atoms with Gasteiger partial charge in [-0.2, -0.15) is 0 Å². The van der Waals surface area contributed by atoms with E-state index in [2.05, 4.69) is 29.1 Å². The van der Waals surface area contributed by atoms with E-state index in [1.807, 2.05) is 31.2 Å². The second-order valence-electron chi connectivity index (χ2n) is 8.81. The van der Waals surface area contributed by atoms with Crippen LogP contribution in [0.3, 0.4) is 0 Å². The van der Waals surface area contributed by atoms with Crippen LogP contribution in [0.2, 0.25) is 0 Å². The molecule has 1 amide bonds. The van der Waals surface area contributed by atoms with E-state index < -0.39 is 11.2 Å². The Hall–Kier alpha value is -3.42. The summed E-state index contributed by atoms with van der Waals surface area (Å²) in [5.74, 6) is 1.07. The summed E-state index contributed by atoms with van der Waals surface area (Å²) in [5.41, 5.74) is 1.42. The predicted molar refractivity (Wildman–Crippen MR) is 127 cm³/mol. The summed E-state index contributed by atoms with van der Waals surface area (Å²) in [6.07, 6.45) is 2.68. The summed E-state index contributed by atoms with van der Waals surface area (Å²) in [4.78, 5) is 45.0. The quantitative estimate of drug-likeness (QED) is 0.487. The monoisotopic (exact) mass is 450 g/mol. The molecule has 33 heavy (non-hydrogen) atoms. The number of aromatic amines is 1. The van der Waals surface area contributed by atoms with Gasteiger partial charge in [-0.05, 0) is 48.9 Å². The highest BCUT2D eigenvalue weighted by molar-refractivity contribution is 6.05. The Balaban J connectivity index is 1.54. The number of rotatable bonds is 9. The van der Waals surface area contributed by atoms with Crippen molar-refractivity contribution in [1.82, 2.24) is 19.9 Å². The molecule has 2 aromatic heterocycles. The predicted octanol–water partition coefficient (Wildman–Crippen LogP) is 3.30. The van der Waals surface area contributed by atoms with Crippen molar-refractivity contribution in [2.75, 3.05) is 13.2 Å². The van der Waals surface area contributed by atoms with Crippen LogP contribution < -0.4 is 21.3 Å². The Morgan fingerprint density at radius 1 is 1.24 bits per heavy atom. The molecule has 1 aliphatic rings. The fourth-order valence-electron chi connectivity index (χ4n) is 3.87. The van der Waals surface area contributed by atoms with Gasteiger partial charge in [0.25, 0.3) is 11.5 Å². The van der Waals surface area contributed by atoms with E-state index in [0.717, 1.165) is 24.3 Å². The average molecular weight is 451 g/mol. The van der Waals surface area contributed by atoms with Crippen LogP contribution in [0.1, 0.15) is 73.5 Å².